The van der Waals surface area contributed by atoms with Gasteiger partial charge in [-0.3, -0.25) is 4.79 Å². The van der Waals surface area contributed by atoms with Crippen LogP contribution in [-0.4, -0.2) is 19.5 Å². The Hall–Kier alpha value is -2.25. The lowest BCUT2D eigenvalue weighted by molar-refractivity contribution is 0.475. The standard InChI is InChI=1S/C15H8BrN3O2S/c16-9-6-11-13(17-7-9)19-14(21)12(22-15(19)18-11)5-8-1-3-10(20)4-2-8/h1-7,20H/b12-5+. The molecule has 22 heavy (non-hydrogen) atoms. The average Bonchev–Trinajstić information content (AvgIpc) is 2.98. The highest BCUT2D eigenvalue weighted by Crippen LogP contribution is 2.18. The fourth-order valence-corrected chi connectivity index (χ4v) is 3.53. The van der Waals surface area contributed by atoms with Gasteiger partial charge in [-0.1, -0.05) is 23.5 Å². The number of hydrogen-bond donors (Lipinski definition) is 1. The summed E-state index contributed by atoms with van der Waals surface area (Å²) in [5.41, 5.74) is 1.96. The molecular formula is C15H8BrN3O2S. The number of aromatic hydroxyl groups is 1. The zero-order valence-electron chi connectivity index (χ0n) is 11.0. The van der Waals surface area contributed by atoms with E-state index in [4.69, 9.17) is 0 Å². The van der Waals surface area contributed by atoms with E-state index in [1.807, 2.05) is 6.07 Å². The number of nitrogens with zero attached hydrogens (tertiary/aromatic N) is 3. The van der Waals surface area contributed by atoms with E-state index in [1.165, 1.54) is 15.7 Å². The number of rotatable bonds is 1. The second-order valence-corrected chi connectivity index (χ2v) is 6.66. The molecule has 5 nitrogen and oxygen atoms in total. The predicted octanol–water partition coefficient (Wildman–Crippen LogP) is 2.32. The maximum Gasteiger partial charge on any atom is 0.276 e. The topological polar surface area (TPSA) is 67.5 Å². The van der Waals surface area contributed by atoms with Crippen LogP contribution in [0.3, 0.4) is 0 Å². The van der Waals surface area contributed by atoms with Crippen molar-refractivity contribution >= 4 is 49.5 Å². The highest BCUT2D eigenvalue weighted by Gasteiger charge is 2.12. The van der Waals surface area contributed by atoms with E-state index in [0.717, 1.165) is 10.0 Å². The first-order valence-electron chi connectivity index (χ1n) is 6.39. The molecule has 0 saturated carbocycles. The third-order valence-corrected chi connectivity index (χ3v) is 4.64. The molecule has 4 aromatic rings. The number of pyridine rings is 1. The van der Waals surface area contributed by atoms with Crippen LogP contribution in [0.15, 0.2) is 45.8 Å². The van der Waals surface area contributed by atoms with Gasteiger partial charge in [-0.2, -0.15) is 0 Å². The van der Waals surface area contributed by atoms with Crippen LogP contribution in [0.25, 0.3) is 22.2 Å². The lowest BCUT2D eigenvalue weighted by Gasteiger charge is -1.92. The Morgan fingerprint density at radius 1 is 1.27 bits per heavy atom. The van der Waals surface area contributed by atoms with Crippen LogP contribution in [0.2, 0.25) is 0 Å². The van der Waals surface area contributed by atoms with Gasteiger partial charge in [-0.25, -0.2) is 14.4 Å². The molecule has 1 N–H and O–H groups in total. The predicted molar refractivity (Wildman–Crippen MR) is 89.2 cm³/mol. The molecule has 0 aliphatic carbocycles. The minimum Gasteiger partial charge on any atom is -0.508 e. The molecule has 0 fully saturated rings. The van der Waals surface area contributed by atoms with Gasteiger partial charge in [0.05, 0.1) is 4.53 Å². The van der Waals surface area contributed by atoms with Gasteiger partial charge < -0.3 is 5.11 Å². The molecule has 0 saturated heterocycles. The van der Waals surface area contributed by atoms with E-state index in [1.54, 1.807) is 36.5 Å². The van der Waals surface area contributed by atoms with Gasteiger partial charge in [0, 0.05) is 10.7 Å². The van der Waals surface area contributed by atoms with Crippen LogP contribution in [0.4, 0.5) is 0 Å². The smallest absolute Gasteiger partial charge is 0.276 e. The first-order chi connectivity index (χ1) is 10.6. The van der Waals surface area contributed by atoms with E-state index < -0.39 is 0 Å². The Labute approximate surface area is 136 Å². The maximum absolute atomic E-state index is 12.6. The third-order valence-electron chi connectivity index (χ3n) is 3.24. The van der Waals surface area contributed by atoms with Crippen molar-refractivity contribution in [3.05, 3.63) is 61.5 Å². The maximum atomic E-state index is 12.6. The van der Waals surface area contributed by atoms with Crippen LogP contribution < -0.4 is 10.1 Å². The number of fused-ring (bicyclic) bond motifs is 3. The molecule has 0 amide bonds. The van der Waals surface area contributed by atoms with Gasteiger partial charge in [-0.15, -0.1) is 0 Å². The normalized spacial score (nSPS) is 12.5. The number of benzene rings is 1. The Morgan fingerprint density at radius 2 is 2.05 bits per heavy atom. The minimum absolute atomic E-state index is 0.134. The number of hydrogen-bond acceptors (Lipinski definition) is 5. The largest absolute Gasteiger partial charge is 0.508 e. The average molecular weight is 374 g/mol. The van der Waals surface area contributed by atoms with Crippen LogP contribution in [-0.2, 0) is 0 Å². The van der Waals surface area contributed by atoms with Crippen molar-refractivity contribution in [2.45, 2.75) is 0 Å². The number of phenolic OH excluding ortho intramolecular Hbond substituents is 1. The summed E-state index contributed by atoms with van der Waals surface area (Å²) in [5, 5.41) is 9.30. The molecule has 0 radical (unpaired) electrons. The summed E-state index contributed by atoms with van der Waals surface area (Å²) in [6.45, 7) is 0. The first-order valence-corrected chi connectivity index (χ1v) is 8.00. The van der Waals surface area contributed by atoms with Crippen molar-refractivity contribution < 1.29 is 5.11 Å². The lowest BCUT2D eigenvalue weighted by atomic mass is 10.2. The van der Waals surface area contributed by atoms with Crippen molar-refractivity contribution in [2.75, 3.05) is 0 Å². The summed E-state index contributed by atoms with van der Waals surface area (Å²) in [7, 11) is 0. The van der Waals surface area contributed by atoms with Crippen LogP contribution in [0.1, 0.15) is 5.56 Å². The molecule has 7 heteroatoms. The summed E-state index contributed by atoms with van der Waals surface area (Å²) in [6, 6.07) is 8.52. The summed E-state index contributed by atoms with van der Waals surface area (Å²) in [4.78, 5) is 21.9. The number of imidazole rings is 1. The van der Waals surface area contributed by atoms with Gasteiger partial charge in [0.15, 0.2) is 10.6 Å². The van der Waals surface area contributed by atoms with Gasteiger partial charge in [0.25, 0.3) is 5.56 Å². The summed E-state index contributed by atoms with van der Waals surface area (Å²) in [5.74, 6) is 0.196. The Bertz CT molecular complexity index is 1120. The fourth-order valence-electron chi connectivity index (χ4n) is 2.24. The zero-order valence-corrected chi connectivity index (χ0v) is 13.4. The molecule has 3 aromatic heterocycles. The number of thiazole rings is 1. The molecule has 0 aliphatic heterocycles. The second kappa shape index (κ2) is 4.89. The molecule has 0 unspecified atom stereocenters. The molecule has 0 spiro atoms. The summed E-state index contributed by atoms with van der Waals surface area (Å²) in [6.07, 6.45) is 3.43. The molecule has 1 aromatic carbocycles. The first kappa shape index (κ1) is 13.4. The van der Waals surface area contributed by atoms with E-state index >= 15 is 0 Å². The quantitative estimate of drug-likeness (QED) is 0.555. The van der Waals surface area contributed by atoms with Crippen LogP contribution in [0, 0.1) is 0 Å². The van der Waals surface area contributed by atoms with Gasteiger partial charge in [0.2, 0.25) is 0 Å². The monoisotopic (exact) mass is 373 g/mol. The lowest BCUT2D eigenvalue weighted by Crippen LogP contribution is -2.22. The molecule has 4 rings (SSSR count). The molecule has 0 bridgehead atoms. The fraction of sp³-hybridized carbons (Fsp3) is 0. The highest BCUT2D eigenvalue weighted by atomic mass is 79.9. The zero-order chi connectivity index (χ0) is 15.3. The highest BCUT2D eigenvalue weighted by molar-refractivity contribution is 9.10. The van der Waals surface area contributed by atoms with Crippen molar-refractivity contribution in [3.63, 3.8) is 0 Å². The van der Waals surface area contributed by atoms with E-state index in [-0.39, 0.29) is 11.3 Å². The van der Waals surface area contributed by atoms with E-state index in [0.29, 0.717) is 20.7 Å². The van der Waals surface area contributed by atoms with Crippen LogP contribution >= 0.6 is 27.3 Å². The van der Waals surface area contributed by atoms with E-state index in [9.17, 15) is 9.90 Å². The van der Waals surface area contributed by atoms with Crippen molar-refractivity contribution in [3.8, 4) is 5.75 Å². The minimum atomic E-state index is -0.134. The molecule has 0 aliphatic rings. The summed E-state index contributed by atoms with van der Waals surface area (Å²) < 4.78 is 2.94. The summed E-state index contributed by atoms with van der Waals surface area (Å²) >= 11 is 4.67. The Kier molecular flexibility index (Phi) is 2.98. The number of aromatic nitrogens is 3. The Balaban J connectivity index is 1.98. The molecule has 108 valence electrons. The van der Waals surface area contributed by atoms with Crippen molar-refractivity contribution in [1.82, 2.24) is 14.4 Å². The van der Waals surface area contributed by atoms with E-state index in [2.05, 4.69) is 25.9 Å². The van der Waals surface area contributed by atoms with Crippen LogP contribution in [0.5, 0.6) is 5.75 Å². The van der Waals surface area contributed by atoms with Gasteiger partial charge >= 0.3 is 0 Å². The second-order valence-electron chi connectivity index (χ2n) is 4.73. The molecule has 0 atom stereocenters. The number of phenols is 1. The van der Waals surface area contributed by atoms with Crippen molar-refractivity contribution in [1.29, 1.82) is 0 Å². The van der Waals surface area contributed by atoms with Crippen molar-refractivity contribution in [2.24, 2.45) is 0 Å². The van der Waals surface area contributed by atoms with Gasteiger partial charge in [-0.05, 0) is 45.8 Å². The molecular weight excluding hydrogens is 366 g/mol. The van der Waals surface area contributed by atoms with Gasteiger partial charge in [0.1, 0.15) is 11.3 Å². The Morgan fingerprint density at radius 3 is 2.82 bits per heavy atom. The third kappa shape index (κ3) is 2.10. The molecule has 3 heterocycles. The SMILES string of the molecule is O=c1/c(=C\c2ccc(O)cc2)sc2nc3cc(Br)cnc3n12. The number of halogens is 1.